The van der Waals surface area contributed by atoms with Crippen molar-refractivity contribution in [2.75, 3.05) is 19.5 Å². The van der Waals surface area contributed by atoms with Crippen LogP contribution in [0.4, 0.5) is 13.6 Å². The summed E-state index contributed by atoms with van der Waals surface area (Å²) >= 11 is 1.95. The second-order valence-electron chi connectivity index (χ2n) is 6.16. The first-order chi connectivity index (χ1) is 11.5. The maximum Gasteiger partial charge on any atom is 0.410 e. The summed E-state index contributed by atoms with van der Waals surface area (Å²) in [5, 5.41) is 11.2. The van der Waals surface area contributed by atoms with Gasteiger partial charge in [-0.05, 0) is 54.6 Å². The predicted octanol–water partition coefficient (Wildman–Crippen LogP) is 3.15. The molecule has 138 valence electrons. The highest BCUT2D eigenvalue weighted by Crippen LogP contribution is 2.40. The molecule has 1 aromatic carbocycles. The fraction of sp³-hybridized carbons (Fsp3) is 0.467. The largest absolute Gasteiger partial charge is 0.465 e. The fourth-order valence-electron chi connectivity index (χ4n) is 2.74. The van der Waals surface area contributed by atoms with E-state index < -0.39 is 38.6 Å². The fourth-order valence-corrected chi connectivity index (χ4v) is 5.52. The van der Waals surface area contributed by atoms with Gasteiger partial charge in [-0.25, -0.2) is 22.1 Å². The molecule has 0 radical (unpaired) electrons. The summed E-state index contributed by atoms with van der Waals surface area (Å²) in [5.41, 5.74) is -1.88. The van der Waals surface area contributed by atoms with Crippen LogP contribution in [0.15, 0.2) is 27.6 Å². The Morgan fingerprint density at radius 3 is 2.68 bits per heavy atom. The molecule has 0 fully saturated rings. The molecule has 1 aliphatic rings. The summed E-state index contributed by atoms with van der Waals surface area (Å²) in [6, 6.07) is 4.11. The van der Waals surface area contributed by atoms with E-state index in [1.807, 2.05) is 22.6 Å². The van der Waals surface area contributed by atoms with Gasteiger partial charge in [-0.3, -0.25) is 10.3 Å². The molecule has 1 aromatic rings. The average Bonchev–Trinajstić information content (AvgIpc) is 2.54. The van der Waals surface area contributed by atoms with Crippen LogP contribution >= 0.6 is 22.6 Å². The zero-order valence-corrected chi connectivity index (χ0v) is 16.8. The van der Waals surface area contributed by atoms with E-state index in [-0.39, 0.29) is 17.2 Å². The Morgan fingerprint density at radius 2 is 2.16 bits per heavy atom. The number of amides is 1. The molecule has 10 heteroatoms. The summed E-state index contributed by atoms with van der Waals surface area (Å²) in [5.74, 6) is -1.24. The first-order valence-corrected chi connectivity index (χ1v) is 10.0. The Kier molecular flexibility index (Phi) is 5.43. The lowest BCUT2D eigenvalue weighted by Gasteiger charge is -2.41. The molecule has 0 bridgehead atoms. The highest BCUT2D eigenvalue weighted by Gasteiger charge is 2.51. The van der Waals surface area contributed by atoms with Gasteiger partial charge in [0.25, 0.3) is 0 Å². The lowest BCUT2D eigenvalue weighted by molar-refractivity contribution is 0.199. The molecule has 1 heterocycles. The molecule has 0 aliphatic carbocycles. The molecule has 0 saturated carbocycles. The number of nitrogens with one attached hydrogen (secondary N) is 1. The van der Waals surface area contributed by atoms with E-state index in [0.29, 0.717) is 3.57 Å². The van der Waals surface area contributed by atoms with Crippen LogP contribution in [-0.2, 0) is 15.3 Å². The number of hydrogen-bond donors (Lipinski definition) is 2. The van der Waals surface area contributed by atoms with Gasteiger partial charge in [0.2, 0.25) is 0 Å². The van der Waals surface area contributed by atoms with Crippen molar-refractivity contribution >= 4 is 44.2 Å². The standard InChI is InChI=1S/C15H18F2IN3O3S/c1-14(2)12(20-13(22)23)21-15(7-16,8-25(14,24)19-3)10-6-9(18)4-5-11(10)17/h4-6H,7-8H2,1-3H3,(H,20,21)(H,22,23)/t15-,25?/m0/s1. The lowest BCUT2D eigenvalue weighted by atomic mass is 9.92. The molecule has 1 amide bonds. The number of alkyl halides is 1. The summed E-state index contributed by atoms with van der Waals surface area (Å²) in [6.45, 7) is 1.89. The van der Waals surface area contributed by atoms with Crippen LogP contribution in [0.25, 0.3) is 0 Å². The maximum atomic E-state index is 14.4. The summed E-state index contributed by atoms with van der Waals surface area (Å²) in [6.07, 6.45) is -1.43. The van der Waals surface area contributed by atoms with Crippen molar-refractivity contribution in [1.82, 2.24) is 5.32 Å². The molecule has 1 aliphatic heterocycles. The van der Waals surface area contributed by atoms with Crippen LogP contribution in [-0.4, -0.2) is 45.5 Å². The third-order valence-electron chi connectivity index (χ3n) is 4.30. The number of amidine groups is 1. The van der Waals surface area contributed by atoms with Gasteiger partial charge in [0.1, 0.15) is 28.6 Å². The zero-order valence-electron chi connectivity index (χ0n) is 13.8. The van der Waals surface area contributed by atoms with Crippen molar-refractivity contribution in [2.45, 2.75) is 24.1 Å². The van der Waals surface area contributed by atoms with Crippen molar-refractivity contribution in [1.29, 1.82) is 0 Å². The maximum absolute atomic E-state index is 14.4. The van der Waals surface area contributed by atoms with Crippen LogP contribution in [0.3, 0.4) is 0 Å². The highest BCUT2D eigenvalue weighted by molar-refractivity contribution is 14.1. The first-order valence-electron chi connectivity index (χ1n) is 7.25. The first kappa shape index (κ1) is 20.0. The number of carboxylic acid groups (broad SMARTS) is 1. The van der Waals surface area contributed by atoms with Gasteiger partial charge in [0, 0.05) is 16.2 Å². The number of aliphatic imine (C=N–C) groups is 1. The van der Waals surface area contributed by atoms with Crippen LogP contribution in [0, 0.1) is 9.39 Å². The van der Waals surface area contributed by atoms with E-state index in [9.17, 15) is 17.8 Å². The molecule has 2 rings (SSSR count). The minimum atomic E-state index is -3.14. The highest BCUT2D eigenvalue weighted by atomic mass is 127. The average molecular weight is 485 g/mol. The third kappa shape index (κ3) is 3.37. The predicted molar refractivity (Wildman–Crippen MR) is 101 cm³/mol. The Labute approximate surface area is 158 Å². The van der Waals surface area contributed by atoms with E-state index in [4.69, 9.17) is 5.11 Å². The van der Waals surface area contributed by atoms with Crippen LogP contribution < -0.4 is 5.32 Å². The van der Waals surface area contributed by atoms with Crippen molar-refractivity contribution in [3.05, 3.63) is 33.1 Å². The minimum absolute atomic E-state index is 0.0709. The summed E-state index contributed by atoms with van der Waals surface area (Å²) in [4.78, 5) is 15.3. The molecule has 2 N–H and O–H groups in total. The molecule has 25 heavy (non-hydrogen) atoms. The quantitative estimate of drug-likeness (QED) is 0.631. The second-order valence-corrected chi connectivity index (χ2v) is 10.4. The molecule has 0 saturated heterocycles. The minimum Gasteiger partial charge on any atom is -0.465 e. The molecular formula is C15H18F2IN3O3S. The van der Waals surface area contributed by atoms with Crippen molar-refractivity contribution in [3.8, 4) is 0 Å². The molecule has 0 aromatic heterocycles. The Hall–Kier alpha value is -1.30. The van der Waals surface area contributed by atoms with Gasteiger partial charge in [-0.15, -0.1) is 0 Å². The van der Waals surface area contributed by atoms with E-state index in [0.717, 1.165) is 0 Å². The lowest BCUT2D eigenvalue weighted by Crippen LogP contribution is -2.58. The molecule has 0 spiro atoms. The van der Waals surface area contributed by atoms with Crippen molar-refractivity contribution in [3.63, 3.8) is 0 Å². The Balaban J connectivity index is 2.83. The molecule has 2 atom stereocenters. The SMILES string of the molecule is CN=S1(=O)C[C@@](CF)(c2cc(I)ccc2F)N=C(NC(=O)O)C1(C)C. The number of halogens is 3. The van der Waals surface area contributed by atoms with Gasteiger partial charge in [-0.2, -0.15) is 0 Å². The van der Waals surface area contributed by atoms with E-state index in [1.165, 1.54) is 39.1 Å². The number of benzene rings is 1. The van der Waals surface area contributed by atoms with Crippen molar-refractivity contribution < 1.29 is 22.9 Å². The van der Waals surface area contributed by atoms with E-state index >= 15 is 0 Å². The zero-order chi connectivity index (χ0) is 19.0. The van der Waals surface area contributed by atoms with Gasteiger partial charge in [-0.1, -0.05) is 0 Å². The van der Waals surface area contributed by atoms with Gasteiger partial charge >= 0.3 is 6.09 Å². The molecular weight excluding hydrogens is 467 g/mol. The topological polar surface area (TPSA) is 91.1 Å². The van der Waals surface area contributed by atoms with E-state index in [2.05, 4.69) is 14.7 Å². The molecule has 1 unspecified atom stereocenters. The number of nitrogens with zero attached hydrogens (tertiary/aromatic N) is 2. The Morgan fingerprint density at radius 1 is 1.52 bits per heavy atom. The number of carbonyl (C=O) groups is 1. The van der Waals surface area contributed by atoms with Crippen molar-refractivity contribution in [2.24, 2.45) is 9.36 Å². The monoisotopic (exact) mass is 485 g/mol. The van der Waals surface area contributed by atoms with Gasteiger partial charge in [0.15, 0.2) is 0 Å². The van der Waals surface area contributed by atoms with Crippen LogP contribution in [0.1, 0.15) is 19.4 Å². The third-order valence-corrected chi connectivity index (χ3v) is 8.22. The van der Waals surface area contributed by atoms with Crippen LogP contribution in [0.5, 0.6) is 0 Å². The second kappa shape index (κ2) is 6.78. The summed E-state index contributed by atoms with van der Waals surface area (Å²) in [7, 11) is -1.82. The van der Waals surface area contributed by atoms with Gasteiger partial charge in [0.05, 0.1) is 15.5 Å². The molecule has 6 nitrogen and oxygen atoms in total. The number of rotatable bonds is 2. The van der Waals surface area contributed by atoms with E-state index in [1.54, 1.807) is 0 Å². The van der Waals surface area contributed by atoms with Crippen LogP contribution in [0.2, 0.25) is 0 Å². The number of hydrogen-bond acceptors (Lipinski definition) is 4. The van der Waals surface area contributed by atoms with Gasteiger partial charge < -0.3 is 5.11 Å². The smallest absolute Gasteiger partial charge is 0.410 e. The normalized spacial score (nSPS) is 28.2. The Bertz CT molecular complexity index is 866. The summed E-state index contributed by atoms with van der Waals surface area (Å²) < 4.78 is 45.3.